The molecule has 7 heteroatoms. The molecule has 0 saturated carbocycles. The Bertz CT molecular complexity index is 576. The molecule has 0 unspecified atom stereocenters. The fraction of sp³-hybridized carbons (Fsp3) is 0.462. The minimum Gasteiger partial charge on any atom is -0.365 e. The number of rotatable bonds is 6. The summed E-state index contributed by atoms with van der Waals surface area (Å²) in [6, 6.07) is 0. The number of aromatic nitrogens is 4. The van der Waals surface area contributed by atoms with Gasteiger partial charge in [0.1, 0.15) is 18.0 Å². The summed E-state index contributed by atoms with van der Waals surface area (Å²) in [6.45, 7) is 4.84. The molecule has 0 bridgehead atoms. The Morgan fingerprint density at radius 3 is 2.60 bits per heavy atom. The SMILES string of the molecule is CCc1nn(C)cc1CNc1ncnc(NN)c1CC. The van der Waals surface area contributed by atoms with E-state index in [9.17, 15) is 0 Å². The molecule has 0 saturated heterocycles. The third kappa shape index (κ3) is 2.88. The van der Waals surface area contributed by atoms with Crippen LogP contribution in [0.25, 0.3) is 0 Å². The Morgan fingerprint density at radius 2 is 1.95 bits per heavy atom. The highest BCUT2D eigenvalue weighted by molar-refractivity contribution is 5.56. The zero-order valence-electron chi connectivity index (χ0n) is 12.1. The van der Waals surface area contributed by atoms with Crippen molar-refractivity contribution in [2.24, 2.45) is 12.9 Å². The summed E-state index contributed by atoms with van der Waals surface area (Å²) < 4.78 is 1.84. The van der Waals surface area contributed by atoms with Gasteiger partial charge in [0.15, 0.2) is 0 Å². The Hall–Kier alpha value is -2.15. The third-order valence-corrected chi connectivity index (χ3v) is 3.21. The quantitative estimate of drug-likeness (QED) is 0.542. The van der Waals surface area contributed by atoms with Gasteiger partial charge in [-0.2, -0.15) is 5.10 Å². The fourth-order valence-electron chi connectivity index (χ4n) is 2.23. The molecule has 0 atom stereocenters. The third-order valence-electron chi connectivity index (χ3n) is 3.21. The summed E-state index contributed by atoms with van der Waals surface area (Å²) in [4.78, 5) is 8.41. The molecule has 2 rings (SSSR count). The standard InChI is InChI=1S/C13H21N7/c1-4-10-12(16-8-17-13(10)18-14)15-6-9-7-20(3)19-11(9)5-2/h7-8H,4-6,14H2,1-3H3,(H2,15,16,17,18). The van der Waals surface area contributed by atoms with Gasteiger partial charge < -0.3 is 10.7 Å². The number of hydrogen-bond donors (Lipinski definition) is 3. The van der Waals surface area contributed by atoms with Crippen LogP contribution in [0.3, 0.4) is 0 Å². The first kappa shape index (κ1) is 14.3. The molecule has 7 nitrogen and oxygen atoms in total. The summed E-state index contributed by atoms with van der Waals surface area (Å²) in [7, 11) is 1.93. The van der Waals surface area contributed by atoms with Crippen LogP contribution >= 0.6 is 0 Å². The van der Waals surface area contributed by atoms with Crippen LogP contribution in [-0.4, -0.2) is 19.7 Å². The fourth-order valence-corrected chi connectivity index (χ4v) is 2.23. The lowest BCUT2D eigenvalue weighted by Gasteiger charge is -2.12. The Balaban J connectivity index is 2.18. The molecule has 0 fully saturated rings. The van der Waals surface area contributed by atoms with Gasteiger partial charge in [0.2, 0.25) is 0 Å². The van der Waals surface area contributed by atoms with E-state index in [-0.39, 0.29) is 0 Å². The van der Waals surface area contributed by atoms with Crippen molar-refractivity contribution in [2.45, 2.75) is 33.2 Å². The van der Waals surface area contributed by atoms with Crippen molar-refractivity contribution in [1.82, 2.24) is 19.7 Å². The maximum absolute atomic E-state index is 5.47. The van der Waals surface area contributed by atoms with Crippen molar-refractivity contribution in [3.8, 4) is 0 Å². The van der Waals surface area contributed by atoms with E-state index in [1.165, 1.54) is 11.9 Å². The van der Waals surface area contributed by atoms with Gasteiger partial charge in [0, 0.05) is 30.9 Å². The van der Waals surface area contributed by atoms with Crippen LogP contribution in [0.15, 0.2) is 12.5 Å². The second kappa shape index (κ2) is 6.33. The number of anilines is 2. The second-order valence-corrected chi connectivity index (χ2v) is 4.53. The summed E-state index contributed by atoms with van der Waals surface area (Å²) in [5.74, 6) is 6.94. The van der Waals surface area contributed by atoms with Gasteiger partial charge in [-0.05, 0) is 12.8 Å². The Kier molecular flexibility index (Phi) is 4.52. The molecule has 4 N–H and O–H groups in total. The van der Waals surface area contributed by atoms with Crippen molar-refractivity contribution in [2.75, 3.05) is 10.7 Å². The van der Waals surface area contributed by atoms with Gasteiger partial charge in [-0.3, -0.25) is 4.68 Å². The Morgan fingerprint density at radius 1 is 1.20 bits per heavy atom. The smallest absolute Gasteiger partial charge is 0.148 e. The minimum atomic E-state index is 0.659. The lowest BCUT2D eigenvalue weighted by molar-refractivity contribution is 0.746. The van der Waals surface area contributed by atoms with Crippen LogP contribution < -0.4 is 16.6 Å². The molecule has 2 heterocycles. The minimum absolute atomic E-state index is 0.659. The van der Waals surface area contributed by atoms with E-state index >= 15 is 0 Å². The van der Waals surface area contributed by atoms with Gasteiger partial charge in [-0.25, -0.2) is 15.8 Å². The maximum Gasteiger partial charge on any atom is 0.148 e. The number of nitrogens with zero attached hydrogens (tertiary/aromatic N) is 4. The van der Waals surface area contributed by atoms with E-state index in [0.29, 0.717) is 12.4 Å². The largest absolute Gasteiger partial charge is 0.365 e. The molecule has 108 valence electrons. The van der Waals surface area contributed by atoms with Gasteiger partial charge >= 0.3 is 0 Å². The predicted octanol–water partition coefficient (Wildman–Crippen LogP) is 1.23. The van der Waals surface area contributed by atoms with Crippen LogP contribution in [0.1, 0.15) is 30.7 Å². The van der Waals surface area contributed by atoms with Crippen molar-refractivity contribution >= 4 is 11.6 Å². The molecule has 2 aromatic heterocycles. The molecule has 0 aliphatic carbocycles. The molecule has 20 heavy (non-hydrogen) atoms. The van der Waals surface area contributed by atoms with E-state index in [0.717, 1.165) is 29.9 Å². The monoisotopic (exact) mass is 275 g/mol. The van der Waals surface area contributed by atoms with E-state index in [4.69, 9.17) is 5.84 Å². The summed E-state index contributed by atoms with van der Waals surface area (Å²) in [5, 5.41) is 7.77. The van der Waals surface area contributed by atoms with E-state index in [1.54, 1.807) is 0 Å². The zero-order chi connectivity index (χ0) is 14.5. The van der Waals surface area contributed by atoms with Crippen molar-refractivity contribution in [1.29, 1.82) is 0 Å². The van der Waals surface area contributed by atoms with Crippen LogP contribution in [0.2, 0.25) is 0 Å². The van der Waals surface area contributed by atoms with Crippen molar-refractivity contribution in [3.63, 3.8) is 0 Å². The van der Waals surface area contributed by atoms with E-state index < -0.39 is 0 Å². The molecule has 0 spiro atoms. The lowest BCUT2D eigenvalue weighted by Crippen LogP contribution is -2.14. The van der Waals surface area contributed by atoms with Crippen LogP contribution in [0.4, 0.5) is 11.6 Å². The van der Waals surface area contributed by atoms with Crippen LogP contribution in [0, 0.1) is 0 Å². The van der Waals surface area contributed by atoms with Gasteiger partial charge in [0.25, 0.3) is 0 Å². The van der Waals surface area contributed by atoms with Crippen LogP contribution in [0.5, 0.6) is 0 Å². The van der Waals surface area contributed by atoms with Crippen LogP contribution in [-0.2, 0) is 26.4 Å². The Labute approximate surface area is 118 Å². The maximum atomic E-state index is 5.47. The average molecular weight is 275 g/mol. The first-order valence-corrected chi connectivity index (χ1v) is 6.75. The highest BCUT2D eigenvalue weighted by Gasteiger charge is 2.10. The summed E-state index contributed by atoms with van der Waals surface area (Å²) in [6.07, 6.45) is 5.25. The highest BCUT2D eigenvalue weighted by atomic mass is 15.3. The molecule has 0 amide bonds. The number of aryl methyl sites for hydroxylation is 2. The van der Waals surface area contributed by atoms with E-state index in [1.807, 2.05) is 24.9 Å². The van der Waals surface area contributed by atoms with Crippen molar-refractivity contribution < 1.29 is 0 Å². The highest BCUT2D eigenvalue weighted by Crippen LogP contribution is 2.20. The van der Waals surface area contributed by atoms with Gasteiger partial charge in [0.05, 0.1) is 5.69 Å². The number of hydrogen-bond acceptors (Lipinski definition) is 6. The number of nitrogen functional groups attached to an aromatic ring is 1. The summed E-state index contributed by atoms with van der Waals surface area (Å²) in [5.41, 5.74) is 5.87. The molecule has 0 radical (unpaired) electrons. The molecule has 0 aliphatic rings. The lowest BCUT2D eigenvalue weighted by atomic mass is 10.2. The molecular formula is C13H21N7. The zero-order valence-corrected chi connectivity index (χ0v) is 12.1. The number of nitrogens with two attached hydrogens (primary N) is 1. The second-order valence-electron chi connectivity index (χ2n) is 4.53. The number of hydrazine groups is 1. The topological polar surface area (TPSA) is 93.7 Å². The van der Waals surface area contributed by atoms with Gasteiger partial charge in [-0.15, -0.1) is 0 Å². The first-order valence-electron chi connectivity index (χ1n) is 6.75. The van der Waals surface area contributed by atoms with Gasteiger partial charge in [-0.1, -0.05) is 13.8 Å². The molecular weight excluding hydrogens is 254 g/mol. The van der Waals surface area contributed by atoms with E-state index in [2.05, 4.69) is 32.7 Å². The summed E-state index contributed by atoms with van der Waals surface area (Å²) >= 11 is 0. The normalized spacial score (nSPS) is 10.6. The van der Waals surface area contributed by atoms with Crippen molar-refractivity contribution in [3.05, 3.63) is 29.3 Å². The number of nitrogens with one attached hydrogen (secondary N) is 2. The molecule has 2 aromatic rings. The molecule has 0 aliphatic heterocycles. The predicted molar refractivity (Wildman–Crippen MR) is 79.1 cm³/mol. The average Bonchev–Trinajstić information content (AvgIpc) is 2.84. The first-order chi connectivity index (χ1) is 9.69. The molecule has 0 aromatic carbocycles.